The van der Waals surface area contributed by atoms with E-state index in [1.165, 1.54) is 36.9 Å². The lowest BCUT2D eigenvalue weighted by molar-refractivity contribution is 0.589. The molecule has 0 unspecified atom stereocenters. The minimum Gasteiger partial charge on any atom is -0.237 e. The van der Waals surface area contributed by atoms with Crippen molar-refractivity contribution in [2.45, 2.75) is 4.90 Å². The highest BCUT2D eigenvalue weighted by molar-refractivity contribution is 7.90. The molecule has 3 aromatic heterocycles. The minimum atomic E-state index is -3.82. The van der Waals surface area contributed by atoms with Gasteiger partial charge in [-0.1, -0.05) is 18.2 Å². The molecule has 0 aliphatic heterocycles. The Morgan fingerprint density at radius 3 is 2.58 bits per heavy atom. The molecule has 0 saturated carbocycles. The first kappa shape index (κ1) is 15.9. The third kappa shape index (κ3) is 2.51. The van der Waals surface area contributed by atoms with E-state index in [0.29, 0.717) is 22.3 Å². The second kappa shape index (κ2) is 6.06. The average Bonchev–Trinajstić information content (AvgIpc) is 3.09. The van der Waals surface area contributed by atoms with Gasteiger partial charge in [-0.2, -0.15) is 5.26 Å². The van der Waals surface area contributed by atoms with Crippen molar-refractivity contribution in [3.8, 4) is 17.3 Å². The van der Waals surface area contributed by atoms with Gasteiger partial charge in [-0.15, -0.1) is 0 Å². The number of hydrogen-bond acceptors (Lipinski definition) is 6. The van der Waals surface area contributed by atoms with Crippen LogP contribution in [0.1, 0.15) is 5.69 Å². The van der Waals surface area contributed by atoms with Gasteiger partial charge in [0.05, 0.1) is 10.6 Å². The third-order valence-corrected chi connectivity index (χ3v) is 5.55. The number of nitrogens with zero attached hydrogens (tertiary/aromatic N) is 5. The first-order chi connectivity index (χ1) is 12.6. The molecular weight excluding hydrogens is 350 g/mol. The van der Waals surface area contributed by atoms with Crippen molar-refractivity contribution in [1.82, 2.24) is 18.9 Å². The van der Waals surface area contributed by atoms with Gasteiger partial charge in [-0.25, -0.2) is 27.3 Å². The van der Waals surface area contributed by atoms with Gasteiger partial charge in [0.15, 0.2) is 5.65 Å². The highest BCUT2D eigenvalue weighted by Crippen LogP contribution is 2.30. The van der Waals surface area contributed by atoms with Crippen molar-refractivity contribution in [3.05, 3.63) is 72.9 Å². The van der Waals surface area contributed by atoms with Crippen molar-refractivity contribution in [2.75, 3.05) is 0 Å². The molecule has 0 radical (unpaired) electrons. The van der Waals surface area contributed by atoms with Gasteiger partial charge in [-0.05, 0) is 24.3 Å². The van der Waals surface area contributed by atoms with E-state index in [1.807, 2.05) is 6.07 Å². The maximum atomic E-state index is 13.1. The van der Waals surface area contributed by atoms with Crippen LogP contribution < -0.4 is 0 Å². The summed E-state index contributed by atoms with van der Waals surface area (Å²) in [5.74, 6) is 0. The Labute approximate surface area is 149 Å². The SMILES string of the molecule is N#Cc1cc(-c2cn(S(=O)(=O)c3ccccc3)c3ncccc23)ncn1. The number of aromatic nitrogens is 4. The smallest absolute Gasteiger partial charge is 0.237 e. The fourth-order valence-corrected chi connectivity index (χ4v) is 4.04. The second-order valence-corrected chi connectivity index (χ2v) is 7.25. The largest absolute Gasteiger partial charge is 0.269 e. The molecule has 8 heteroatoms. The maximum Gasteiger partial charge on any atom is 0.269 e. The Bertz CT molecular complexity index is 1260. The molecule has 126 valence electrons. The van der Waals surface area contributed by atoms with Crippen LogP contribution in [0.15, 0.2) is 72.1 Å². The summed E-state index contributed by atoms with van der Waals surface area (Å²) in [5.41, 5.74) is 1.51. The van der Waals surface area contributed by atoms with Crippen LogP contribution in [0.5, 0.6) is 0 Å². The van der Waals surface area contributed by atoms with Crippen LogP contribution in [0.4, 0.5) is 0 Å². The molecular formula is C18H11N5O2S. The lowest BCUT2D eigenvalue weighted by Crippen LogP contribution is -2.12. The van der Waals surface area contributed by atoms with Gasteiger partial charge in [0.25, 0.3) is 10.0 Å². The normalized spacial score (nSPS) is 11.3. The molecule has 26 heavy (non-hydrogen) atoms. The van der Waals surface area contributed by atoms with Gasteiger partial charge in [0, 0.05) is 29.4 Å². The van der Waals surface area contributed by atoms with Crippen LogP contribution in [0, 0.1) is 11.3 Å². The van der Waals surface area contributed by atoms with E-state index >= 15 is 0 Å². The van der Waals surface area contributed by atoms with Crippen LogP contribution in [0.2, 0.25) is 0 Å². The van der Waals surface area contributed by atoms with Crippen LogP contribution in [0.25, 0.3) is 22.3 Å². The molecule has 4 rings (SSSR count). The monoisotopic (exact) mass is 361 g/mol. The Morgan fingerprint density at radius 2 is 1.81 bits per heavy atom. The predicted octanol–water partition coefficient (Wildman–Crippen LogP) is 2.60. The highest BCUT2D eigenvalue weighted by Gasteiger charge is 2.22. The highest BCUT2D eigenvalue weighted by atomic mass is 32.2. The molecule has 0 N–H and O–H groups in total. The summed E-state index contributed by atoms with van der Waals surface area (Å²) in [6.07, 6.45) is 4.28. The van der Waals surface area contributed by atoms with Crippen LogP contribution in [-0.4, -0.2) is 27.3 Å². The molecule has 0 aliphatic carbocycles. The maximum absolute atomic E-state index is 13.1. The zero-order valence-electron chi connectivity index (χ0n) is 13.3. The summed E-state index contributed by atoms with van der Waals surface area (Å²) in [6.45, 7) is 0. The molecule has 4 aromatic rings. The quantitative estimate of drug-likeness (QED) is 0.556. The molecule has 0 spiro atoms. The van der Waals surface area contributed by atoms with Crippen LogP contribution in [-0.2, 0) is 10.0 Å². The van der Waals surface area contributed by atoms with E-state index < -0.39 is 10.0 Å². The zero-order valence-corrected chi connectivity index (χ0v) is 14.1. The summed E-state index contributed by atoms with van der Waals surface area (Å²) in [6, 6.07) is 15.1. The lowest BCUT2D eigenvalue weighted by Gasteiger charge is -2.06. The van der Waals surface area contributed by atoms with Crippen molar-refractivity contribution in [3.63, 3.8) is 0 Å². The first-order valence-electron chi connectivity index (χ1n) is 7.60. The van der Waals surface area contributed by atoms with Crippen molar-refractivity contribution < 1.29 is 8.42 Å². The predicted molar refractivity (Wildman–Crippen MR) is 94.5 cm³/mol. The summed E-state index contributed by atoms with van der Waals surface area (Å²) in [4.78, 5) is 12.4. The molecule has 3 heterocycles. The van der Waals surface area contributed by atoms with Crippen molar-refractivity contribution >= 4 is 21.1 Å². The molecule has 7 nitrogen and oxygen atoms in total. The molecule has 0 saturated heterocycles. The Kier molecular flexibility index (Phi) is 3.71. The second-order valence-electron chi connectivity index (χ2n) is 5.43. The summed E-state index contributed by atoms with van der Waals surface area (Å²) in [5, 5.41) is 9.67. The first-order valence-corrected chi connectivity index (χ1v) is 9.04. The number of rotatable bonds is 3. The summed E-state index contributed by atoms with van der Waals surface area (Å²) < 4.78 is 27.2. The van der Waals surface area contributed by atoms with E-state index in [2.05, 4.69) is 15.0 Å². The van der Waals surface area contributed by atoms with E-state index in [0.717, 1.165) is 3.97 Å². The summed E-state index contributed by atoms with van der Waals surface area (Å²) >= 11 is 0. The van der Waals surface area contributed by atoms with Gasteiger partial charge in [0.1, 0.15) is 18.1 Å². The number of nitriles is 1. The number of hydrogen-bond donors (Lipinski definition) is 0. The van der Waals surface area contributed by atoms with Gasteiger partial charge in [0.2, 0.25) is 0 Å². The van der Waals surface area contributed by atoms with Gasteiger partial charge >= 0.3 is 0 Å². The Morgan fingerprint density at radius 1 is 1.00 bits per heavy atom. The molecule has 0 atom stereocenters. The van der Waals surface area contributed by atoms with Gasteiger partial charge in [-0.3, -0.25) is 0 Å². The lowest BCUT2D eigenvalue weighted by atomic mass is 10.1. The minimum absolute atomic E-state index is 0.162. The molecule has 0 aliphatic rings. The van der Waals surface area contributed by atoms with Crippen molar-refractivity contribution in [2.24, 2.45) is 0 Å². The molecule has 1 aromatic carbocycles. The van der Waals surface area contributed by atoms with Gasteiger partial charge < -0.3 is 0 Å². The number of fused-ring (bicyclic) bond motifs is 1. The van der Waals surface area contributed by atoms with Crippen LogP contribution >= 0.6 is 0 Å². The molecule has 0 bridgehead atoms. The van der Waals surface area contributed by atoms with E-state index in [-0.39, 0.29) is 10.6 Å². The topological polar surface area (TPSA) is 102 Å². The Balaban J connectivity index is 2.00. The van der Waals surface area contributed by atoms with Crippen molar-refractivity contribution in [1.29, 1.82) is 5.26 Å². The zero-order chi connectivity index (χ0) is 18.1. The standard InChI is InChI=1S/C18H11N5O2S/c19-10-13-9-17(22-12-21-13)16-11-23(18-15(16)7-4-8-20-18)26(24,25)14-5-2-1-3-6-14/h1-9,11-12H. The summed E-state index contributed by atoms with van der Waals surface area (Å²) in [7, 11) is -3.82. The van der Waals surface area contributed by atoms with Crippen LogP contribution in [0.3, 0.4) is 0 Å². The fourth-order valence-electron chi connectivity index (χ4n) is 2.69. The number of benzene rings is 1. The Hall–Kier alpha value is -3.57. The third-order valence-electron chi connectivity index (χ3n) is 3.89. The fraction of sp³-hybridized carbons (Fsp3) is 0. The average molecular weight is 361 g/mol. The number of pyridine rings is 1. The van der Waals surface area contributed by atoms with E-state index in [4.69, 9.17) is 5.26 Å². The van der Waals surface area contributed by atoms with E-state index in [1.54, 1.807) is 30.3 Å². The molecule has 0 amide bonds. The van der Waals surface area contributed by atoms with E-state index in [9.17, 15) is 8.42 Å². The molecule has 0 fully saturated rings.